The molecule has 4 nitrogen and oxygen atoms in total. The van der Waals surface area contributed by atoms with E-state index < -0.39 is 5.82 Å². The summed E-state index contributed by atoms with van der Waals surface area (Å²) in [6.45, 7) is 0. The first-order valence-corrected chi connectivity index (χ1v) is 6.25. The van der Waals surface area contributed by atoms with E-state index in [0.717, 1.165) is 4.34 Å². The molecule has 2 aromatic rings. The van der Waals surface area contributed by atoms with Gasteiger partial charge in [-0.05, 0) is 18.2 Å². The van der Waals surface area contributed by atoms with E-state index in [4.69, 9.17) is 10.9 Å². The molecule has 0 aliphatic carbocycles. The first-order valence-electron chi connectivity index (χ1n) is 4.55. The molecule has 0 radical (unpaired) electrons. The van der Waals surface area contributed by atoms with Crippen molar-refractivity contribution in [3.05, 3.63) is 41.2 Å². The second-order valence-corrected chi connectivity index (χ2v) is 5.21. The van der Waals surface area contributed by atoms with Crippen LogP contribution in [-0.2, 0) is 0 Å². The number of hydrogen-bond acceptors (Lipinski definition) is 5. The molecule has 0 spiro atoms. The number of halogens is 1. The average Bonchev–Trinajstić information content (AvgIpc) is 2.83. The van der Waals surface area contributed by atoms with E-state index in [1.165, 1.54) is 29.2 Å². The maximum atomic E-state index is 13.7. The highest BCUT2D eigenvalue weighted by atomic mass is 32.2. The minimum absolute atomic E-state index is 0.116. The topological polar surface area (TPSA) is 71.5 Å². The van der Waals surface area contributed by atoms with Crippen molar-refractivity contribution >= 4 is 28.9 Å². The number of amidine groups is 1. The van der Waals surface area contributed by atoms with Crippen LogP contribution in [0.3, 0.4) is 0 Å². The molecule has 1 aromatic carbocycles. The van der Waals surface area contributed by atoms with Crippen molar-refractivity contribution in [1.29, 1.82) is 0 Å². The summed E-state index contributed by atoms with van der Waals surface area (Å²) < 4.78 is 14.5. The molecule has 0 aliphatic rings. The van der Waals surface area contributed by atoms with E-state index in [0.29, 0.717) is 10.5 Å². The van der Waals surface area contributed by atoms with Crippen LogP contribution < -0.4 is 5.73 Å². The zero-order chi connectivity index (χ0) is 12.3. The second kappa shape index (κ2) is 5.15. The summed E-state index contributed by atoms with van der Waals surface area (Å²) >= 11 is 2.68. The van der Waals surface area contributed by atoms with E-state index in [-0.39, 0.29) is 5.84 Å². The molecular formula is C10H8FN3OS2. The van der Waals surface area contributed by atoms with Crippen molar-refractivity contribution in [3.63, 3.8) is 0 Å². The number of aromatic nitrogens is 1. The normalized spacial score (nSPS) is 11.7. The van der Waals surface area contributed by atoms with Gasteiger partial charge in [-0.3, -0.25) is 0 Å². The van der Waals surface area contributed by atoms with E-state index in [1.807, 2.05) is 5.38 Å². The first-order chi connectivity index (χ1) is 8.20. The summed E-state index contributed by atoms with van der Waals surface area (Å²) in [5.74, 6) is -0.538. The Morgan fingerprint density at radius 3 is 2.94 bits per heavy atom. The zero-order valence-electron chi connectivity index (χ0n) is 8.50. The molecular weight excluding hydrogens is 261 g/mol. The van der Waals surface area contributed by atoms with E-state index in [1.54, 1.807) is 18.3 Å². The van der Waals surface area contributed by atoms with E-state index in [9.17, 15) is 4.39 Å². The molecule has 0 bridgehead atoms. The van der Waals surface area contributed by atoms with E-state index in [2.05, 4.69) is 10.1 Å². The third-order valence-corrected chi connectivity index (χ3v) is 3.88. The van der Waals surface area contributed by atoms with Gasteiger partial charge in [0, 0.05) is 17.1 Å². The Hall–Kier alpha value is -1.60. The molecule has 0 amide bonds. The lowest BCUT2D eigenvalue weighted by molar-refractivity contribution is 0.318. The second-order valence-electron chi connectivity index (χ2n) is 3.03. The minimum atomic E-state index is -0.422. The number of oxime groups is 1. The Labute approximate surface area is 105 Å². The molecule has 17 heavy (non-hydrogen) atoms. The molecule has 3 N–H and O–H groups in total. The Morgan fingerprint density at radius 1 is 1.53 bits per heavy atom. The third kappa shape index (κ3) is 2.75. The Kier molecular flexibility index (Phi) is 3.60. The highest BCUT2D eigenvalue weighted by Gasteiger charge is 2.08. The maximum Gasteiger partial charge on any atom is 0.170 e. The van der Waals surface area contributed by atoms with Crippen molar-refractivity contribution in [3.8, 4) is 0 Å². The fraction of sp³-hybridized carbons (Fsp3) is 0. The SMILES string of the molecule is N/C(=N/O)c1ccc(Sc2nccs2)c(F)c1. The van der Waals surface area contributed by atoms with Gasteiger partial charge in [-0.25, -0.2) is 9.37 Å². The van der Waals surface area contributed by atoms with Gasteiger partial charge < -0.3 is 10.9 Å². The van der Waals surface area contributed by atoms with Gasteiger partial charge in [-0.15, -0.1) is 11.3 Å². The summed E-state index contributed by atoms with van der Waals surface area (Å²) in [4.78, 5) is 4.51. The van der Waals surface area contributed by atoms with Gasteiger partial charge in [-0.1, -0.05) is 16.9 Å². The van der Waals surface area contributed by atoms with Gasteiger partial charge in [0.2, 0.25) is 0 Å². The Morgan fingerprint density at radius 2 is 2.35 bits per heavy atom. The number of nitrogens with two attached hydrogens (primary N) is 1. The minimum Gasteiger partial charge on any atom is -0.409 e. The van der Waals surface area contributed by atoms with Crippen LogP contribution in [0.4, 0.5) is 4.39 Å². The lowest BCUT2D eigenvalue weighted by Crippen LogP contribution is -2.13. The monoisotopic (exact) mass is 269 g/mol. The van der Waals surface area contributed by atoms with Crippen LogP contribution in [0.25, 0.3) is 0 Å². The molecule has 1 aromatic heterocycles. The summed E-state index contributed by atoms with van der Waals surface area (Å²) in [7, 11) is 0. The Balaban J connectivity index is 2.26. The van der Waals surface area contributed by atoms with Crippen molar-refractivity contribution in [2.24, 2.45) is 10.9 Å². The maximum absolute atomic E-state index is 13.7. The molecule has 0 fully saturated rings. The van der Waals surface area contributed by atoms with Crippen LogP contribution in [-0.4, -0.2) is 16.0 Å². The smallest absolute Gasteiger partial charge is 0.170 e. The molecule has 88 valence electrons. The number of rotatable bonds is 3. The molecule has 0 atom stereocenters. The molecule has 0 unspecified atom stereocenters. The number of nitrogens with zero attached hydrogens (tertiary/aromatic N) is 2. The largest absolute Gasteiger partial charge is 0.409 e. The highest BCUT2D eigenvalue weighted by molar-refractivity contribution is 8.01. The lowest BCUT2D eigenvalue weighted by atomic mass is 10.2. The van der Waals surface area contributed by atoms with Crippen molar-refractivity contribution in [2.45, 2.75) is 9.24 Å². The molecule has 0 saturated carbocycles. The van der Waals surface area contributed by atoms with Gasteiger partial charge in [-0.2, -0.15) is 0 Å². The molecule has 2 rings (SSSR count). The van der Waals surface area contributed by atoms with Crippen molar-refractivity contribution in [2.75, 3.05) is 0 Å². The van der Waals surface area contributed by atoms with Crippen LogP contribution in [0, 0.1) is 5.82 Å². The van der Waals surface area contributed by atoms with Gasteiger partial charge >= 0.3 is 0 Å². The van der Waals surface area contributed by atoms with Gasteiger partial charge in [0.1, 0.15) is 5.82 Å². The fourth-order valence-corrected chi connectivity index (χ4v) is 2.74. The molecule has 1 heterocycles. The van der Waals surface area contributed by atoms with Crippen LogP contribution in [0.15, 0.2) is 44.2 Å². The van der Waals surface area contributed by atoms with Gasteiger partial charge in [0.15, 0.2) is 10.2 Å². The third-order valence-electron chi connectivity index (χ3n) is 1.94. The van der Waals surface area contributed by atoms with Crippen molar-refractivity contribution in [1.82, 2.24) is 4.98 Å². The highest BCUT2D eigenvalue weighted by Crippen LogP contribution is 2.31. The Bertz CT molecular complexity index is 542. The first kappa shape index (κ1) is 11.9. The van der Waals surface area contributed by atoms with Crippen LogP contribution in [0.2, 0.25) is 0 Å². The number of thiazole rings is 1. The van der Waals surface area contributed by atoms with Crippen LogP contribution in [0.5, 0.6) is 0 Å². The standard InChI is InChI=1S/C10H8FN3OS2/c11-7-5-6(9(12)14-15)1-2-8(7)17-10-13-3-4-16-10/h1-5,15H,(H2,12,14). The summed E-state index contributed by atoms with van der Waals surface area (Å²) in [5, 5.41) is 13.1. The number of benzene rings is 1. The summed E-state index contributed by atoms with van der Waals surface area (Å²) in [6, 6.07) is 4.40. The molecule has 0 aliphatic heterocycles. The summed E-state index contributed by atoms with van der Waals surface area (Å²) in [6.07, 6.45) is 1.66. The average molecular weight is 269 g/mol. The predicted octanol–water partition coefficient (Wildman–Crippen LogP) is 2.53. The van der Waals surface area contributed by atoms with E-state index >= 15 is 0 Å². The van der Waals surface area contributed by atoms with Crippen molar-refractivity contribution < 1.29 is 9.60 Å². The lowest BCUT2D eigenvalue weighted by Gasteiger charge is -2.03. The van der Waals surface area contributed by atoms with Gasteiger partial charge in [0.25, 0.3) is 0 Å². The quantitative estimate of drug-likeness (QED) is 0.389. The summed E-state index contributed by atoms with van der Waals surface area (Å²) in [5.41, 5.74) is 5.71. The van der Waals surface area contributed by atoms with Crippen LogP contribution in [0.1, 0.15) is 5.56 Å². The number of hydrogen-bond donors (Lipinski definition) is 2. The molecule has 7 heteroatoms. The van der Waals surface area contributed by atoms with Gasteiger partial charge in [0.05, 0.1) is 4.90 Å². The fourth-order valence-electron chi connectivity index (χ4n) is 1.16. The molecule has 0 saturated heterocycles. The van der Waals surface area contributed by atoms with Crippen LogP contribution >= 0.6 is 23.1 Å². The zero-order valence-corrected chi connectivity index (χ0v) is 10.1. The predicted molar refractivity (Wildman–Crippen MR) is 65.1 cm³/mol.